The van der Waals surface area contributed by atoms with E-state index in [-0.39, 0.29) is 16.6 Å². The molecule has 8 heteroatoms. The number of imidazole rings is 1. The number of hydrogen-bond acceptors (Lipinski definition) is 4. The molecule has 1 aliphatic heterocycles. The Hall–Kier alpha value is -1.64. The van der Waals surface area contributed by atoms with Crippen molar-refractivity contribution in [3.05, 3.63) is 28.7 Å². The highest BCUT2D eigenvalue weighted by molar-refractivity contribution is 7.89. The molecule has 3 rings (SSSR count). The highest BCUT2D eigenvalue weighted by Gasteiger charge is 2.24. The molecule has 4 N–H and O–H groups in total. The number of primary sulfonamides is 1. The van der Waals surface area contributed by atoms with E-state index in [9.17, 15) is 13.2 Å². The van der Waals surface area contributed by atoms with Crippen LogP contribution >= 0.6 is 0 Å². The molecule has 1 saturated heterocycles. The van der Waals surface area contributed by atoms with E-state index >= 15 is 0 Å². The van der Waals surface area contributed by atoms with E-state index in [0.29, 0.717) is 11.0 Å². The van der Waals surface area contributed by atoms with E-state index in [0.717, 1.165) is 25.9 Å². The molecule has 7 nitrogen and oxygen atoms in total. The molecule has 20 heavy (non-hydrogen) atoms. The van der Waals surface area contributed by atoms with Crippen LogP contribution in [-0.2, 0) is 10.0 Å². The fourth-order valence-corrected chi connectivity index (χ4v) is 3.54. The van der Waals surface area contributed by atoms with Crippen molar-refractivity contribution < 1.29 is 8.42 Å². The first-order valence-corrected chi connectivity index (χ1v) is 8.00. The predicted molar refractivity (Wildman–Crippen MR) is 75.1 cm³/mol. The van der Waals surface area contributed by atoms with Crippen molar-refractivity contribution in [3.8, 4) is 0 Å². The minimum Gasteiger partial charge on any atom is -0.317 e. The number of para-hydroxylation sites is 1. The number of hydrogen-bond donors (Lipinski definition) is 3. The van der Waals surface area contributed by atoms with Crippen LogP contribution in [0.5, 0.6) is 0 Å². The molecule has 1 aromatic carbocycles. The van der Waals surface area contributed by atoms with E-state index in [1.165, 1.54) is 10.6 Å². The van der Waals surface area contributed by atoms with Gasteiger partial charge in [0, 0.05) is 6.04 Å². The molecule has 1 aromatic heterocycles. The highest BCUT2D eigenvalue weighted by atomic mass is 32.2. The van der Waals surface area contributed by atoms with E-state index in [1.54, 1.807) is 12.1 Å². The van der Waals surface area contributed by atoms with Gasteiger partial charge in [-0.05, 0) is 38.1 Å². The number of piperidine rings is 1. The summed E-state index contributed by atoms with van der Waals surface area (Å²) in [5.74, 6) is 0. The maximum Gasteiger partial charge on any atom is 0.326 e. The molecule has 108 valence electrons. The second-order valence-electron chi connectivity index (χ2n) is 4.98. The lowest BCUT2D eigenvalue weighted by atomic mass is 10.1. The van der Waals surface area contributed by atoms with Crippen molar-refractivity contribution >= 4 is 21.1 Å². The van der Waals surface area contributed by atoms with Crippen LogP contribution in [-0.4, -0.2) is 31.1 Å². The molecule has 0 atom stereocenters. The lowest BCUT2D eigenvalue weighted by Crippen LogP contribution is -2.33. The van der Waals surface area contributed by atoms with Gasteiger partial charge in [-0.25, -0.2) is 18.4 Å². The molecule has 2 heterocycles. The molecule has 0 radical (unpaired) electrons. The summed E-state index contributed by atoms with van der Waals surface area (Å²) in [6, 6.07) is 4.68. The average Bonchev–Trinajstić information content (AvgIpc) is 2.74. The lowest BCUT2D eigenvalue weighted by Gasteiger charge is -2.24. The van der Waals surface area contributed by atoms with Crippen LogP contribution < -0.4 is 16.1 Å². The maximum absolute atomic E-state index is 12.2. The average molecular weight is 296 g/mol. The van der Waals surface area contributed by atoms with Gasteiger partial charge < -0.3 is 10.3 Å². The monoisotopic (exact) mass is 296 g/mol. The van der Waals surface area contributed by atoms with Crippen molar-refractivity contribution in [2.45, 2.75) is 23.8 Å². The predicted octanol–water partition coefficient (Wildman–Crippen LogP) is -0.0985. The number of nitrogens with two attached hydrogens (primary N) is 1. The van der Waals surface area contributed by atoms with Crippen LogP contribution in [0.1, 0.15) is 18.9 Å². The third-order valence-electron chi connectivity index (χ3n) is 3.68. The van der Waals surface area contributed by atoms with Gasteiger partial charge >= 0.3 is 5.69 Å². The van der Waals surface area contributed by atoms with Gasteiger partial charge in [0.25, 0.3) is 0 Å². The van der Waals surface area contributed by atoms with Gasteiger partial charge in [-0.15, -0.1) is 0 Å². The van der Waals surface area contributed by atoms with Crippen LogP contribution in [0, 0.1) is 0 Å². The van der Waals surface area contributed by atoms with Crippen LogP contribution in [0.2, 0.25) is 0 Å². The second kappa shape index (κ2) is 4.72. The largest absolute Gasteiger partial charge is 0.326 e. The molecule has 0 bridgehead atoms. The highest BCUT2D eigenvalue weighted by Crippen LogP contribution is 2.26. The lowest BCUT2D eigenvalue weighted by molar-refractivity contribution is 0.367. The zero-order valence-corrected chi connectivity index (χ0v) is 11.6. The van der Waals surface area contributed by atoms with Gasteiger partial charge in [-0.3, -0.25) is 4.57 Å². The summed E-state index contributed by atoms with van der Waals surface area (Å²) in [7, 11) is -3.87. The third kappa shape index (κ3) is 2.15. The number of H-pyrrole nitrogens is 1. The zero-order valence-electron chi connectivity index (χ0n) is 10.8. The number of nitrogens with zero attached hydrogens (tertiary/aromatic N) is 1. The first kappa shape index (κ1) is 13.3. The van der Waals surface area contributed by atoms with Gasteiger partial charge in [0.2, 0.25) is 10.0 Å². The van der Waals surface area contributed by atoms with Crippen LogP contribution in [0.4, 0.5) is 0 Å². The molecule has 1 fully saturated rings. The second-order valence-corrected chi connectivity index (χ2v) is 6.51. The Labute approximate surface area is 115 Å². The van der Waals surface area contributed by atoms with Gasteiger partial charge in [-0.1, -0.05) is 6.07 Å². The molecule has 0 unspecified atom stereocenters. The van der Waals surface area contributed by atoms with Gasteiger partial charge in [0.05, 0.1) is 11.0 Å². The normalized spacial score (nSPS) is 17.6. The Morgan fingerprint density at radius 3 is 2.60 bits per heavy atom. The standard InChI is InChI=1S/C12H16N4O3S/c13-20(18,19)10-3-1-2-9-11(10)16(12(17)15-9)8-4-6-14-7-5-8/h1-3,8,14H,4-7H2,(H,15,17)(H2,13,18,19). The fraction of sp³-hybridized carbons (Fsp3) is 0.417. The van der Waals surface area contributed by atoms with Crippen LogP contribution in [0.15, 0.2) is 27.9 Å². The van der Waals surface area contributed by atoms with E-state index in [2.05, 4.69) is 10.3 Å². The smallest absolute Gasteiger partial charge is 0.317 e. The number of benzene rings is 1. The van der Waals surface area contributed by atoms with Crippen molar-refractivity contribution in [2.24, 2.45) is 5.14 Å². The minimum absolute atomic E-state index is 0.00752. The van der Waals surface area contributed by atoms with Gasteiger partial charge in [-0.2, -0.15) is 0 Å². The fourth-order valence-electron chi connectivity index (χ4n) is 2.79. The SMILES string of the molecule is NS(=O)(=O)c1cccc2[nH]c(=O)n(C3CCNCC3)c12. The minimum atomic E-state index is -3.87. The Morgan fingerprint density at radius 1 is 1.25 bits per heavy atom. The van der Waals surface area contributed by atoms with Crippen molar-refractivity contribution in [2.75, 3.05) is 13.1 Å². The van der Waals surface area contributed by atoms with E-state index in [4.69, 9.17) is 5.14 Å². The Kier molecular flexibility index (Phi) is 3.15. The zero-order chi connectivity index (χ0) is 14.3. The number of aromatic nitrogens is 2. The Balaban J connectivity index is 2.30. The summed E-state index contributed by atoms with van der Waals surface area (Å²) >= 11 is 0. The molecule has 0 saturated carbocycles. The van der Waals surface area contributed by atoms with Crippen molar-refractivity contribution in [1.29, 1.82) is 0 Å². The molecule has 2 aromatic rings. The van der Waals surface area contributed by atoms with E-state index in [1.807, 2.05) is 0 Å². The molecule has 0 spiro atoms. The van der Waals surface area contributed by atoms with Crippen LogP contribution in [0.25, 0.3) is 11.0 Å². The van der Waals surface area contributed by atoms with Crippen molar-refractivity contribution in [1.82, 2.24) is 14.9 Å². The molecular weight excluding hydrogens is 280 g/mol. The first-order valence-electron chi connectivity index (χ1n) is 6.45. The van der Waals surface area contributed by atoms with Crippen LogP contribution in [0.3, 0.4) is 0 Å². The Bertz CT molecular complexity index is 800. The molecule has 0 amide bonds. The summed E-state index contributed by atoms with van der Waals surface area (Å²) in [5, 5.41) is 8.48. The summed E-state index contributed by atoms with van der Waals surface area (Å²) < 4.78 is 25.0. The number of sulfonamides is 1. The summed E-state index contributed by atoms with van der Waals surface area (Å²) in [5.41, 5.74) is 0.593. The van der Waals surface area contributed by atoms with Gasteiger partial charge in [0.15, 0.2) is 0 Å². The molecular formula is C12H16N4O3S. The van der Waals surface area contributed by atoms with Crippen molar-refractivity contribution in [3.63, 3.8) is 0 Å². The molecule has 0 aliphatic carbocycles. The number of aromatic amines is 1. The maximum atomic E-state index is 12.2. The number of rotatable bonds is 2. The Morgan fingerprint density at radius 2 is 1.95 bits per heavy atom. The summed E-state index contributed by atoms with van der Waals surface area (Å²) in [6.45, 7) is 1.61. The molecule has 1 aliphatic rings. The summed E-state index contributed by atoms with van der Waals surface area (Å²) in [6.07, 6.45) is 1.57. The quantitative estimate of drug-likeness (QED) is 0.719. The third-order valence-corrected chi connectivity index (χ3v) is 4.62. The number of fused-ring (bicyclic) bond motifs is 1. The first-order chi connectivity index (χ1) is 9.48. The topological polar surface area (TPSA) is 110 Å². The van der Waals surface area contributed by atoms with Gasteiger partial charge in [0.1, 0.15) is 4.90 Å². The number of nitrogens with one attached hydrogen (secondary N) is 2. The van der Waals surface area contributed by atoms with E-state index < -0.39 is 10.0 Å². The summed E-state index contributed by atoms with van der Waals surface area (Å²) in [4.78, 5) is 14.9.